The molecule has 1 aromatic carbocycles. The number of halogens is 3. The maximum Gasteiger partial charge on any atom is 0.260 e. The molecule has 0 aromatic heterocycles. The summed E-state index contributed by atoms with van der Waals surface area (Å²) in [6, 6.07) is 4.32. The van der Waals surface area contributed by atoms with Crippen LogP contribution in [0.2, 0.25) is 0 Å². The van der Waals surface area contributed by atoms with Gasteiger partial charge in [0.1, 0.15) is 11.6 Å². The normalized spacial score (nSPS) is 16.7. The predicted molar refractivity (Wildman–Crippen MR) is 85.5 cm³/mol. The summed E-state index contributed by atoms with van der Waals surface area (Å²) in [6.45, 7) is 3.53. The van der Waals surface area contributed by atoms with E-state index in [2.05, 4.69) is 26.6 Å². The Balaban J connectivity index is 0.00000220. The van der Waals surface area contributed by atoms with Crippen LogP contribution in [0.15, 0.2) is 22.7 Å². The van der Waals surface area contributed by atoms with Crippen LogP contribution >= 0.6 is 28.3 Å². The third-order valence-corrected chi connectivity index (χ3v) is 3.87. The average Bonchev–Trinajstić information content (AvgIpc) is 2.43. The molecule has 1 aromatic rings. The molecule has 118 valence electrons. The maximum atomic E-state index is 13.0. The van der Waals surface area contributed by atoms with Crippen molar-refractivity contribution in [2.24, 2.45) is 0 Å². The van der Waals surface area contributed by atoms with Crippen LogP contribution in [0.4, 0.5) is 4.39 Å². The van der Waals surface area contributed by atoms with Crippen LogP contribution in [0.5, 0.6) is 5.75 Å². The molecule has 7 heteroatoms. The van der Waals surface area contributed by atoms with E-state index in [1.54, 1.807) is 6.92 Å². The zero-order valence-electron chi connectivity index (χ0n) is 11.7. The number of piperidine rings is 1. The summed E-state index contributed by atoms with van der Waals surface area (Å²) in [5, 5.41) is 6.22. The molecule has 1 aliphatic heterocycles. The van der Waals surface area contributed by atoms with Crippen molar-refractivity contribution in [2.45, 2.75) is 31.9 Å². The molecule has 0 spiro atoms. The Kier molecular flexibility index (Phi) is 7.42. The van der Waals surface area contributed by atoms with Crippen molar-refractivity contribution in [1.82, 2.24) is 10.6 Å². The van der Waals surface area contributed by atoms with Crippen LogP contribution in [-0.4, -0.2) is 31.1 Å². The highest BCUT2D eigenvalue weighted by Crippen LogP contribution is 2.26. The smallest absolute Gasteiger partial charge is 0.260 e. The van der Waals surface area contributed by atoms with Gasteiger partial charge in [0, 0.05) is 6.04 Å². The van der Waals surface area contributed by atoms with Crippen molar-refractivity contribution in [3.63, 3.8) is 0 Å². The zero-order valence-corrected chi connectivity index (χ0v) is 14.1. The second-order valence-electron chi connectivity index (χ2n) is 4.87. The Morgan fingerprint density at radius 3 is 2.76 bits per heavy atom. The van der Waals surface area contributed by atoms with E-state index in [9.17, 15) is 9.18 Å². The molecule has 1 fully saturated rings. The van der Waals surface area contributed by atoms with Gasteiger partial charge in [0.25, 0.3) is 5.91 Å². The average molecular weight is 382 g/mol. The van der Waals surface area contributed by atoms with E-state index < -0.39 is 6.10 Å². The van der Waals surface area contributed by atoms with Gasteiger partial charge in [0.05, 0.1) is 4.47 Å². The monoisotopic (exact) mass is 380 g/mol. The highest BCUT2D eigenvalue weighted by molar-refractivity contribution is 9.10. The number of rotatable bonds is 4. The number of benzene rings is 1. The van der Waals surface area contributed by atoms with Crippen molar-refractivity contribution in [2.75, 3.05) is 13.1 Å². The lowest BCUT2D eigenvalue weighted by molar-refractivity contribution is -0.128. The van der Waals surface area contributed by atoms with Gasteiger partial charge in [-0.2, -0.15) is 0 Å². The van der Waals surface area contributed by atoms with Crippen molar-refractivity contribution < 1.29 is 13.9 Å². The Bertz CT molecular complexity index is 484. The molecule has 2 N–H and O–H groups in total. The quantitative estimate of drug-likeness (QED) is 0.843. The Morgan fingerprint density at radius 2 is 2.14 bits per heavy atom. The molecule has 1 atom stereocenters. The molecule has 1 saturated heterocycles. The molecule has 4 nitrogen and oxygen atoms in total. The Hall–Kier alpha value is -0.850. The third kappa shape index (κ3) is 5.45. The van der Waals surface area contributed by atoms with Crippen LogP contribution in [0, 0.1) is 5.82 Å². The predicted octanol–water partition coefficient (Wildman–Crippen LogP) is 2.65. The SMILES string of the molecule is CC(Oc1ccc(F)cc1Br)C(=O)NC1CCNCC1.Cl. The van der Waals surface area contributed by atoms with Crippen molar-refractivity contribution >= 4 is 34.2 Å². The van der Waals surface area contributed by atoms with E-state index in [0.29, 0.717) is 10.2 Å². The van der Waals surface area contributed by atoms with E-state index in [-0.39, 0.29) is 30.2 Å². The van der Waals surface area contributed by atoms with Crippen molar-refractivity contribution in [3.05, 3.63) is 28.5 Å². The van der Waals surface area contributed by atoms with E-state index >= 15 is 0 Å². The lowest BCUT2D eigenvalue weighted by Crippen LogP contribution is -2.47. The van der Waals surface area contributed by atoms with Gasteiger partial charge in [-0.3, -0.25) is 4.79 Å². The van der Waals surface area contributed by atoms with Crippen LogP contribution < -0.4 is 15.4 Å². The molecule has 2 rings (SSSR count). The summed E-state index contributed by atoms with van der Waals surface area (Å²) in [7, 11) is 0. The first kappa shape index (κ1) is 18.2. The van der Waals surface area contributed by atoms with Gasteiger partial charge in [-0.1, -0.05) is 0 Å². The number of nitrogens with one attached hydrogen (secondary N) is 2. The minimum Gasteiger partial charge on any atom is -0.480 e. The number of amides is 1. The highest BCUT2D eigenvalue weighted by Gasteiger charge is 2.21. The molecule has 0 radical (unpaired) electrons. The fourth-order valence-electron chi connectivity index (χ4n) is 2.10. The van der Waals surface area contributed by atoms with Gasteiger partial charge in [0.2, 0.25) is 0 Å². The molecule has 1 amide bonds. The summed E-state index contributed by atoms with van der Waals surface area (Å²) in [6.07, 6.45) is 1.24. The van der Waals surface area contributed by atoms with Gasteiger partial charge in [-0.05, 0) is 67.0 Å². The van der Waals surface area contributed by atoms with Gasteiger partial charge in [0.15, 0.2) is 6.10 Å². The van der Waals surface area contributed by atoms with E-state index in [4.69, 9.17) is 4.74 Å². The molecular formula is C14H19BrClFN2O2. The fourth-order valence-corrected chi connectivity index (χ4v) is 2.54. The van der Waals surface area contributed by atoms with Gasteiger partial charge >= 0.3 is 0 Å². The fraction of sp³-hybridized carbons (Fsp3) is 0.500. The van der Waals surface area contributed by atoms with Gasteiger partial charge < -0.3 is 15.4 Å². The lowest BCUT2D eigenvalue weighted by Gasteiger charge is -2.25. The number of hydrogen-bond acceptors (Lipinski definition) is 3. The second-order valence-corrected chi connectivity index (χ2v) is 5.72. The maximum absolute atomic E-state index is 13.0. The first-order valence-corrected chi connectivity index (χ1v) is 7.48. The van der Waals surface area contributed by atoms with Gasteiger partial charge in [-0.15, -0.1) is 12.4 Å². The summed E-state index contributed by atoms with van der Waals surface area (Å²) >= 11 is 3.22. The third-order valence-electron chi connectivity index (χ3n) is 3.25. The van der Waals surface area contributed by atoms with Crippen LogP contribution in [0.3, 0.4) is 0 Å². The Morgan fingerprint density at radius 1 is 1.48 bits per heavy atom. The first-order chi connectivity index (χ1) is 9.56. The molecule has 1 heterocycles. The molecule has 0 aliphatic carbocycles. The van der Waals surface area contributed by atoms with Crippen molar-refractivity contribution in [3.8, 4) is 5.75 Å². The van der Waals surface area contributed by atoms with Gasteiger partial charge in [-0.25, -0.2) is 4.39 Å². The molecule has 0 bridgehead atoms. The van der Waals surface area contributed by atoms with Crippen LogP contribution in [-0.2, 0) is 4.79 Å². The minimum atomic E-state index is -0.619. The minimum absolute atomic E-state index is 0. The molecule has 1 unspecified atom stereocenters. The zero-order chi connectivity index (χ0) is 14.5. The topological polar surface area (TPSA) is 50.4 Å². The number of hydrogen-bond donors (Lipinski definition) is 2. The summed E-state index contributed by atoms with van der Waals surface area (Å²) in [5.74, 6) is -0.0384. The number of carbonyl (C=O) groups is 1. The number of ether oxygens (including phenoxy) is 1. The van der Waals surface area contributed by atoms with Crippen LogP contribution in [0.25, 0.3) is 0 Å². The van der Waals surface area contributed by atoms with E-state index in [0.717, 1.165) is 25.9 Å². The largest absolute Gasteiger partial charge is 0.480 e. The summed E-state index contributed by atoms with van der Waals surface area (Å²) in [4.78, 5) is 12.0. The second kappa shape index (κ2) is 8.56. The molecule has 21 heavy (non-hydrogen) atoms. The van der Waals surface area contributed by atoms with E-state index in [1.165, 1.54) is 18.2 Å². The molecule has 1 aliphatic rings. The standard InChI is InChI=1S/C14H18BrFN2O2.ClH/c1-9(14(19)18-11-4-6-17-7-5-11)20-13-3-2-10(16)8-12(13)15;/h2-3,8-9,11,17H,4-7H2,1H3,(H,18,19);1H. The summed E-state index contributed by atoms with van der Waals surface area (Å²) < 4.78 is 19.0. The first-order valence-electron chi connectivity index (χ1n) is 6.69. The van der Waals surface area contributed by atoms with Crippen molar-refractivity contribution in [1.29, 1.82) is 0 Å². The lowest BCUT2D eigenvalue weighted by atomic mass is 10.1. The highest BCUT2D eigenvalue weighted by atomic mass is 79.9. The van der Waals surface area contributed by atoms with E-state index in [1.807, 2.05) is 0 Å². The molecular weight excluding hydrogens is 363 g/mol. The van der Waals surface area contributed by atoms with Crippen LogP contribution in [0.1, 0.15) is 19.8 Å². The molecule has 0 saturated carbocycles. The number of carbonyl (C=O) groups excluding carboxylic acids is 1. The Labute approximate surface area is 138 Å². The summed E-state index contributed by atoms with van der Waals surface area (Å²) in [5.41, 5.74) is 0.